The van der Waals surface area contributed by atoms with Gasteiger partial charge in [-0.15, -0.1) is 0 Å². The number of allylic oxidation sites excluding steroid dienone is 22. The van der Waals surface area contributed by atoms with Gasteiger partial charge in [-0.05, 0) is 103 Å². The lowest BCUT2D eigenvalue weighted by atomic mass is 9.99. The highest BCUT2D eigenvalue weighted by molar-refractivity contribution is 5.81. The van der Waals surface area contributed by atoms with Crippen molar-refractivity contribution in [2.75, 3.05) is 13.2 Å². The van der Waals surface area contributed by atoms with Crippen LogP contribution in [-0.4, -0.2) is 99.6 Å². The Morgan fingerprint density at radius 1 is 0.494 bits per heavy atom. The molecule has 1 aliphatic heterocycles. The van der Waals surface area contributed by atoms with E-state index in [-0.39, 0.29) is 19.4 Å². The molecule has 1 saturated heterocycles. The predicted molar refractivity (Wildman–Crippen MR) is 337 cm³/mol. The van der Waals surface area contributed by atoms with Crippen molar-refractivity contribution in [3.05, 3.63) is 146 Å². The zero-order valence-electron chi connectivity index (χ0n) is 50.6. The highest BCUT2D eigenvalue weighted by Gasteiger charge is 2.47. The zero-order valence-corrected chi connectivity index (χ0v) is 50.6. The van der Waals surface area contributed by atoms with Crippen LogP contribution in [0.2, 0.25) is 0 Å². The molecule has 0 aromatic carbocycles. The van der Waals surface area contributed by atoms with Crippen LogP contribution in [0.3, 0.4) is 0 Å². The molecule has 81 heavy (non-hydrogen) atoms. The maximum absolute atomic E-state index is 13.4. The molecule has 1 heterocycles. The van der Waals surface area contributed by atoms with Crippen molar-refractivity contribution in [3.8, 4) is 0 Å². The molecule has 0 saturated carbocycles. The molecule has 11 nitrogen and oxygen atoms in total. The van der Waals surface area contributed by atoms with E-state index in [1.54, 1.807) is 12.2 Å². The van der Waals surface area contributed by atoms with Crippen molar-refractivity contribution < 1.29 is 49.3 Å². The summed E-state index contributed by atoms with van der Waals surface area (Å²) in [6.07, 6.45) is 70.4. The van der Waals surface area contributed by atoms with E-state index in [1.165, 1.54) is 38.5 Å². The molecule has 0 aromatic rings. The van der Waals surface area contributed by atoms with Crippen LogP contribution in [0.15, 0.2) is 146 Å². The molecular formula is C70H113NO10. The number of amides is 1. The number of rotatable bonds is 51. The van der Waals surface area contributed by atoms with E-state index < -0.39 is 67.4 Å². The zero-order chi connectivity index (χ0) is 58.9. The quantitative estimate of drug-likeness (QED) is 0.0195. The van der Waals surface area contributed by atoms with Gasteiger partial charge >= 0.3 is 5.97 Å². The molecule has 1 amide bonds. The lowest BCUT2D eigenvalue weighted by molar-refractivity contribution is -0.305. The van der Waals surface area contributed by atoms with Gasteiger partial charge in [0, 0.05) is 12.8 Å². The molecule has 8 atom stereocenters. The smallest absolute Gasteiger partial charge is 0.306 e. The molecule has 0 radical (unpaired) electrons. The Labute approximate surface area is 492 Å². The summed E-state index contributed by atoms with van der Waals surface area (Å²) in [5.41, 5.74) is 0. The van der Waals surface area contributed by atoms with E-state index in [4.69, 9.17) is 14.2 Å². The minimum atomic E-state index is -1.64. The van der Waals surface area contributed by atoms with Crippen LogP contribution in [0.25, 0.3) is 0 Å². The van der Waals surface area contributed by atoms with Crippen molar-refractivity contribution in [1.82, 2.24) is 5.32 Å². The number of carbonyl (C=O) groups is 2. The Hall–Kier alpha value is -4.46. The van der Waals surface area contributed by atoms with Gasteiger partial charge in [-0.25, -0.2) is 0 Å². The molecular weight excluding hydrogens is 1010 g/mol. The number of carbonyl (C=O) groups excluding carboxylic acids is 2. The highest BCUT2D eigenvalue weighted by atomic mass is 16.7. The van der Waals surface area contributed by atoms with Gasteiger partial charge in [-0.1, -0.05) is 250 Å². The summed E-state index contributed by atoms with van der Waals surface area (Å²) in [6.45, 7) is 5.48. The summed E-state index contributed by atoms with van der Waals surface area (Å²) in [6, 6.07) is -1.08. The van der Waals surface area contributed by atoms with E-state index in [0.29, 0.717) is 12.8 Å². The number of hydrogen-bond acceptors (Lipinski definition) is 10. The monoisotopic (exact) mass is 1130 g/mol. The molecule has 11 heteroatoms. The van der Waals surface area contributed by atoms with Crippen LogP contribution in [-0.2, 0) is 23.8 Å². The lowest BCUT2D eigenvalue weighted by Crippen LogP contribution is -2.61. The minimum absolute atomic E-state index is 0.0487. The van der Waals surface area contributed by atoms with Crippen molar-refractivity contribution in [2.24, 2.45) is 0 Å². The molecule has 1 fully saturated rings. The molecule has 0 aromatic heterocycles. The number of nitrogens with one attached hydrogen (secondary N) is 1. The maximum atomic E-state index is 13.4. The van der Waals surface area contributed by atoms with Crippen molar-refractivity contribution in [1.29, 1.82) is 0 Å². The summed E-state index contributed by atoms with van der Waals surface area (Å²) >= 11 is 0. The topological polar surface area (TPSA) is 175 Å². The van der Waals surface area contributed by atoms with E-state index in [1.807, 2.05) is 18.2 Å². The van der Waals surface area contributed by atoms with Gasteiger partial charge in [-0.3, -0.25) is 9.59 Å². The van der Waals surface area contributed by atoms with Crippen LogP contribution >= 0.6 is 0 Å². The van der Waals surface area contributed by atoms with Gasteiger partial charge < -0.3 is 45.1 Å². The third kappa shape index (κ3) is 43.8. The Morgan fingerprint density at radius 2 is 0.889 bits per heavy atom. The number of unbranched alkanes of at least 4 members (excludes halogenated alkanes) is 16. The first-order valence-corrected chi connectivity index (χ1v) is 31.6. The fourth-order valence-corrected chi connectivity index (χ4v) is 8.81. The third-order valence-electron chi connectivity index (χ3n) is 13.7. The minimum Gasteiger partial charge on any atom is -0.454 e. The van der Waals surface area contributed by atoms with Crippen LogP contribution in [0.5, 0.6) is 0 Å². The Balaban J connectivity index is 2.70. The average molecular weight is 1130 g/mol. The van der Waals surface area contributed by atoms with Crippen molar-refractivity contribution in [3.63, 3.8) is 0 Å². The van der Waals surface area contributed by atoms with Crippen LogP contribution in [0.1, 0.15) is 220 Å². The molecule has 8 unspecified atom stereocenters. The number of hydrogen-bond donors (Lipinski definition) is 6. The highest BCUT2D eigenvalue weighted by Crippen LogP contribution is 2.26. The second-order valence-electron chi connectivity index (χ2n) is 21.0. The molecule has 0 bridgehead atoms. The molecule has 458 valence electrons. The first kappa shape index (κ1) is 74.6. The van der Waals surface area contributed by atoms with E-state index in [0.717, 1.165) is 135 Å². The summed E-state index contributed by atoms with van der Waals surface area (Å²) < 4.78 is 17.6. The molecule has 1 rings (SSSR count). The predicted octanol–water partition coefficient (Wildman–Crippen LogP) is 15.4. The van der Waals surface area contributed by atoms with Crippen LogP contribution < -0.4 is 5.32 Å². The maximum Gasteiger partial charge on any atom is 0.306 e. The SMILES string of the molecule is CC/C=C\C/C=C\C/C=C\C/C=C\C/C=C\C/C=C\CC(O)C(=O)NC(COC1OC(CO)C(O)C(O)C1OC(=O)CCCCCCCCC/C=C\C/C=C\C/C=C\C/C=C\C/C=C\CC)C(O)/C=C/CCCCCCCCCCC. The number of aliphatic hydroxyl groups is 5. The van der Waals surface area contributed by atoms with Crippen molar-refractivity contribution in [2.45, 2.75) is 269 Å². The molecule has 1 aliphatic rings. The van der Waals surface area contributed by atoms with E-state index in [9.17, 15) is 35.1 Å². The second-order valence-corrected chi connectivity index (χ2v) is 21.0. The fourth-order valence-electron chi connectivity index (χ4n) is 8.81. The molecule has 6 N–H and O–H groups in total. The van der Waals surface area contributed by atoms with Crippen molar-refractivity contribution >= 4 is 11.9 Å². The first-order valence-electron chi connectivity index (χ1n) is 31.6. The van der Waals surface area contributed by atoms with Gasteiger partial charge in [0.15, 0.2) is 12.4 Å². The fraction of sp³-hybridized carbons (Fsp3) is 0.629. The number of esters is 1. The van der Waals surface area contributed by atoms with Gasteiger partial charge in [0.1, 0.15) is 24.4 Å². The van der Waals surface area contributed by atoms with Crippen LogP contribution in [0.4, 0.5) is 0 Å². The molecule has 0 aliphatic carbocycles. The summed E-state index contributed by atoms with van der Waals surface area (Å²) in [7, 11) is 0. The number of ether oxygens (including phenoxy) is 3. The normalized spacial score (nSPS) is 19.7. The summed E-state index contributed by atoms with van der Waals surface area (Å²) in [5.74, 6) is -1.31. The Kier molecular flexibility index (Phi) is 51.6. The van der Waals surface area contributed by atoms with Gasteiger partial charge in [0.05, 0.1) is 25.4 Å². The largest absolute Gasteiger partial charge is 0.454 e. The van der Waals surface area contributed by atoms with Gasteiger partial charge in [0.2, 0.25) is 5.91 Å². The number of aliphatic hydroxyl groups excluding tert-OH is 5. The molecule has 0 spiro atoms. The van der Waals surface area contributed by atoms with Gasteiger partial charge in [0.25, 0.3) is 0 Å². The Morgan fingerprint density at radius 3 is 1.33 bits per heavy atom. The summed E-state index contributed by atoms with van der Waals surface area (Å²) in [5, 5.41) is 56.9. The lowest BCUT2D eigenvalue weighted by Gasteiger charge is -2.41. The van der Waals surface area contributed by atoms with Gasteiger partial charge in [-0.2, -0.15) is 0 Å². The van der Waals surface area contributed by atoms with Crippen LogP contribution in [0, 0.1) is 0 Å². The third-order valence-corrected chi connectivity index (χ3v) is 13.7. The van der Waals surface area contributed by atoms with E-state index in [2.05, 4.69) is 142 Å². The summed E-state index contributed by atoms with van der Waals surface area (Å²) in [4.78, 5) is 26.5. The average Bonchev–Trinajstić information content (AvgIpc) is 3.51. The standard InChI is InChI=1S/C70H113NO10/c1-4-7-10-13-16-19-22-24-26-28-30-31-32-33-34-36-38-40-43-46-49-52-55-58-65(75)81-68-67(77)66(76)64(59-72)80-70(68)79-60-61(62(73)56-53-50-47-44-41-21-18-15-12-9-6-3)71-69(78)63(74)57-54-51-48-45-42-39-37-35-29-27-25-23-20-17-14-11-8-5-2/h7-8,10-11,16-17,19-20,24-27,30-31,33-35,37,42,45,51,53-54,56,61-64,66-68,70,72-74,76-77H,4-6,9,12-15,18,21-23,28-29,32,36,38-41,43-44,46-50,52,55,57-60H2,1-3H3,(H,71,78)/b10-7-,11-8-,19-16-,20-17-,26-24-,27-25-,31-30-,34-33-,37-35-,45-42-,54-51-,56-53+. The Bertz CT molecular complexity index is 1870. The first-order chi connectivity index (χ1) is 39.7. The van der Waals surface area contributed by atoms with E-state index >= 15 is 0 Å². The second kappa shape index (κ2) is 56.0.